The van der Waals surface area contributed by atoms with Gasteiger partial charge in [-0.25, -0.2) is 0 Å². The first-order valence-corrected chi connectivity index (χ1v) is 6.22. The molecular weight excluding hydrogens is 234 g/mol. The lowest BCUT2D eigenvalue weighted by Gasteiger charge is -2.04. The van der Waals surface area contributed by atoms with Gasteiger partial charge in [0.25, 0.3) is 0 Å². The Labute approximate surface area is 114 Å². The van der Waals surface area contributed by atoms with Crippen molar-refractivity contribution in [1.29, 1.82) is 0 Å². The zero-order valence-electron chi connectivity index (χ0n) is 11.0. The second-order valence-corrected chi connectivity index (χ2v) is 4.27. The van der Waals surface area contributed by atoms with E-state index in [9.17, 15) is 0 Å². The fourth-order valence-electron chi connectivity index (χ4n) is 1.80. The summed E-state index contributed by atoms with van der Waals surface area (Å²) < 4.78 is 0. The molecule has 0 aliphatic carbocycles. The molecule has 2 aromatic rings. The summed E-state index contributed by atoms with van der Waals surface area (Å²) >= 11 is 0. The molecule has 96 valence electrons. The van der Waals surface area contributed by atoms with Crippen molar-refractivity contribution in [2.24, 2.45) is 5.16 Å². The van der Waals surface area contributed by atoms with Crippen LogP contribution in [-0.4, -0.2) is 6.21 Å². The summed E-state index contributed by atoms with van der Waals surface area (Å²) in [6, 6.07) is 16.0. The fourth-order valence-corrected chi connectivity index (χ4v) is 1.80. The van der Waals surface area contributed by atoms with Crippen LogP contribution in [0.15, 0.2) is 60.3 Å². The van der Waals surface area contributed by atoms with Gasteiger partial charge < -0.3 is 4.84 Å². The minimum Gasteiger partial charge on any atom is -0.391 e. The van der Waals surface area contributed by atoms with Crippen molar-refractivity contribution in [2.75, 3.05) is 0 Å². The molecule has 0 N–H and O–H groups in total. The van der Waals surface area contributed by atoms with Gasteiger partial charge in [0.2, 0.25) is 0 Å². The normalized spacial score (nSPS) is 10.6. The molecule has 0 saturated heterocycles. The average Bonchev–Trinajstić information content (AvgIpc) is 2.45. The number of hydrogen-bond acceptors (Lipinski definition) is 2. The summed E-state index contributed by atoms with van der Waals surface area (Å²) in [5, 5.41) is 4.01. The summed E-state index contributed by atoms with van der Waals surface area (Å²) in [5.41, 5.74) is 4.41. The summed E-state index contributed by atoms with van der Waals surface area (Å²) in [5.74, 6) is 0. The highest BCUT2D eigenvalue weighted by Gasteiger charge is 1.98. The van der Waals surface area contributed by atoms with Crippen LogP contribution in [-0.2, 0) is 11.4 Å². The van der Waals surface area contributed by atoms with Crippen LogP contribution in [0, 0.1) is 6.92 Å². The Morgan fingerprint density at radius 3 is 2.47 bits per heavy atom. The summed E-state index contributed by atoms with van der Waals surface area (Å²) in [4.78, 5) is 5.34. The van der Waals surface area contributed by atoms with Crippen LogP contribution in [0.4, 0.5) is 0 Å². The molecule has 0 aliphatic rings. The van der Waals surface area contributed by atoms with Crippen LogP contribution < -0.4 is 0 Å². The van der Waals surface area contributed by atoms with Gasteiger partial charge in [0.05, 0.1) is 6.21 Å². The smallest absolute Gasteiger partial charge is 0.142 e. The first kappa shape index (κ1) is 13.1. The van der Waals surface area contributed by atoms with Gasteiger partial charge in [0, 0.05) is 0 Å². The lowest BCUT2D eigenvalue weighted by Crippen LogP contribution is -1.92. The van der Waals surface area contributed by atoms with Gasteiger partial charge in [-0.3, -0.25) is 0 Å². The van der Waals surface area contributed by atoms with Crippen molar-refractivity contribution in [1.82, 2.24) is 0 Å². The summed E-state index contributed by atoms with van der Waals surface area (Å²) in [6.45, 7) is 6.28. The zero-order chi connectivity index (χ0) is 13.5. The van der Waals surface area contributed by atoms with Crippen molar-refractivity contribution >= 4 is 12.3 Å². The van der Waals surface area contributed by atoms with Crippen LogP contribution >= 0.6 is 0 Å². The van der Waals surface area contributed by atoms with E-state index in [0.717, 1.165) is 16.7 Å². The predicted octanol–water partition coefficient (Wildman–Crippen LogP) is 4.19. The molecule has 0 amide bonds. The third kappa shape index (κ3) is 3.55. The molecule has 0 saturated carbocycles. The van der Waals surface area contributed by atoms with E-state index < -0.39 is 0 Å². The number of oxime groups is 1. The molecule has 0 heterocycles. The van der Waals surface area contributed by atoms with Crippen molar-refractivity contribution in [3.63, 3.8) is 0 Å². The lowest BCUT2D eigenvalue weighted by atomic mass is 10.1. The molecule has 0 aromatic heterocycles. The summed E-state index contributed by atoms with van der Waals surface area (Å²) in [7, 11) is 0. The van der Waals surface area contributed by atoms with E-state index in [-0.39, 0.29) is 0 Å². The van der Waals surface area contributed by atoms with Crippen LogP contribution in [0.3, 0.4) is 0 Å². The van der Waals surface area contributed by atoms with Gasteiger partial charge in [0.15, 0.2) is 0 Å². The number of nitrogens with zero attached hydrogens (tertiary/aromatic N) is 1. The predicted molar refractivity (Wildman–Crippen MR) is 80.1 cm³/mol. The van der Waals surface area contributed by atoms with E-state index in [0.29, 0.717) is 6.61 Å². The maximum Gasteiger partial charge on any atom is 0.142 e. The van der Waals surface area contributed by atoms with Crippen molar-refractivity contribution in [2.45, 2.75) is 13.5 Å². The van der Waals surface area contributed by atoms with Crippen LogP contribution in [0.5, 0.6) is 0 Å². The molecule has 2 heteroatoms. The average molecular weight is 251 g/mol. The van der Waals surface area contributed by atoms with E-state index in [1.54, 1.807) is 6.21 Å². The van der Waals surface area contributed by atoms with Crippen molar-refractivity contribution in [3.05, 3.63) is 77.4 Å². The first-order chi connectivity index (χ1) is 9.31. The molecule has 2 nitrogen and oxygen atoms in total. The highest BCUT2D eigenvalue weighted by molar-refractivity contribution is 5.81. The van der Waals surface area contributed by atoms with E-state index in [2.05, 4.69) is 11.7 Å². The molecule has 0 fully saturated rings. The first-order valence-electron chi connectivity index (χ1n) is 6.22. The third-order valence-corrected chi connectivity index (χ3v) is 2.95. The second kappa shape index (κ2) is 6.55. The maximum absolute atomic E-state index is 5.34. The molecule has 0 spiro atoms. The van der Waals surface area contributed by atoms with Gasteiger partial charge >= 0.3 is 0 Å². The van der Waals surface area contributed by atoms with Crippen LogP contribution in [0.2, 0.25) is 0 Å². The van der Waals surface area contributed by atoms with Gasteiger partial charge in [-0.2, -0.15) is 0 Å². The van der Waals surface area contributed by atoms with E-state index >= 15 is 0 Å². The molecule has 2 aromatic carbocycles. The van der Waals surface area contributed by atoms with Gasteiger partial charge in [-0.15, -0.1) is 0 Å². The van der Waals surface area contributed by atoms with Gasteiger partial charge in [-0.1, -0.05) is 66.3 Å². The zero-order valence-corrected chi connectivity index (χ0v) is 11.0. The Kier molecular flexibility index (Phi) is 4.51. The van der Waals surface area contributed by atoms with Crippen LogP contribution in [0.1, 0.15) is 22.3 Å². The Hall–Kier alpha value is -2.35. The Balaban J connectivity index is 1.97. The minimum absolute atomic E-state index is 0.449. The number of aryl methyl sites for hydroxylation is 1. The van der Waals surface area contributed by atoms with E-state index in [1.165, 1.54) is 5.56 Å². The highest BCUT2D eigenvalue weighted by Crippen LogP contribution is 2.11. The fraction of sp³-hybridized carbons (Fsp3) is 0.118. The van der Waals surface area contributed by atoms with Crippen molar-refractivity contribution < 1.29 is 4.84 Å². The summed E-state index contributed by atoms with van der Waals surface area (Å²) in [6.07, 6.45) is 3.57. The Morgan fingerprint density at radius 2 is 1.74 bits per heavy atom. The van der Waals surface area contributed by atoms with Gasteiger partial charge in [-0.05, 0) is 29.2 Å². The number of hydrogen-bond donors (Lipinski definition) is 0. The third-order valence-electron chi connectivity index (χ3n) is 2.95. The van der Waals surface area contributed by atoms with E-state index in [4.69, 9.17) is 4.84 Å². The Morgan fingerprint density at radius 1 is 1.05 bits per heavy atom. The standard InChI is InChI=1S/C17H17NO/c1-3-15-9-6-7-11-17(15)13-19-18-12-16-10-5-4-8-14(16)2/h3-12H,1,13H2,2H3. The molecule has 0 aliphatic heterocycles. The topological polar surface area (TPSA) is 21.6 Å². The molecule has 0 unspecified atom stereocenters. The molecule has 0 radical (unpaired) electrons. The SMILES string of the molecule is C=Cc1ccccc1CON=Cc1ccccc1C. The quantitative estimate of drug-likeness (QED) is 0.577. The Bertz CT molecular complexity index is 587. The number of benzene rings is 2. The monoisotopic (exact) mass is 251 g/mol. The number of rotatable bonds is 5. The largest absolute Gasteiger partial charge is 0.391 e. The molecule has 2 rings (SSSR count). The minimum atomic E-state index is 0.449. The van der Waals surface area contributed by atoms with E-state index in [1.807, 2.05) is 61.5 Å². The lowest BCUT2D eigenvalue weighted by molar-refractivity contribution is 0.132. The highest BCUT2D eigenvalue weighted by atomic mass is 16.6. The second-order valence-electron chi connectivity index (χ2n) is 4.27. The molecule has 0 atom stereocenters. The maximum atomic E-state index is 5.34. The molecule has 19 heavy (non-hydrogen) atoms. The molecular formula is C17H17NO. The molecule has 0 bridgehead atoms. The van der Waals surface area contributed by atoms with Crippen molar-refractivity contribution in [3.8, 4) is 0 Å². The van der Waals surface area contributed by atoms with Gasteiger partial charge in [0.1, 0.15) is 6.61 Å². The van der Waals surface area contributed by atoms with Crippen LogP contribution in [0.25, 0.3) is 6.08 Å².